The zero-order valence-electron chi connectivity index (χ0n) is 12.4. The first-order chi connectivity index (χ1) is 9.91. The highest BCUT2D eigenvalue weighted by Crippen LogP contribution is 2.50. The van der Waals surface area contributed by atoms with Gasteiger partial charge in [-0.1, -0.05) is 19.7 Å². The zero-order chi connectivity index (χ0) is 16.7. The number of carbonyl (C=O) groups excluding carboxylic acids is 1. The Morgan fingerprint density at radius 3 is 2.33 bits per heavy atom. The van der Waals surface area contributed by atoms with E-state index in [1.54, 1.807) is 6.92 Å². The van der Waals surface area contributed by atoms with Gasteiger partial charge in [0.05, 0.1) is 6.10 Å². The van der Waals surface area contributed by atoms with E-state index in [4.69, 9.17) is 4.79 Å². The Kier molecular flexibility index (Phi) is 8.51. The van der Waals surface area contributed by atoms with E-state index in [1.807, 2.05) is 20.6 Å². The predicted octanol–water partition coefficient (Wildman–Crippen LogP) is 4.11. The highest BCUT2D eigenvalue weighted by Gasteiger charge is 2.36. The fourth-order valence-corrected chi connectivity index (χ4v) is 3.98. The standard InChI is InChI=1S/C12H13F3OS.C2H6.CH2O/c1-6-3-7-9(4-8(6)13)17(2)10(12(7)16)5-11(14)15;2*1-2/h3-4,10-12,16H,2,5H2,1H3;1-2H3;1H2. The maximum absolute atomic E-state index is 13.4. The van der Waals surface area contributed by atoms with Crippen molar-refractivity contribution in [1.82, 2.24) is 0 Å². The van der Waals surface area contributed by atoms with Crippen LogP contribution in [0.2, 0.25) is 0 Å². The van der Waals surface area contributed by atoms with Crippen molar-refractivity contribution in [3.8, 4) is 0 Å². The number of benzene rings is 1. The molecule has 0 fully saturated rings. The summed E-state index contributed by atoms with van der Waals surface area (Å²) in [5.74, 6) is 3.42. The van der Waals surface area contributed by atoms with Crippen LogP contribution in [-0.4, -0.2) is 29.4 Å². The van der Waals surface area contributed by atoms with Gasteiger partial charge in [0.25, 0.3) is 0 Å². The number of hydrogen-bond acceptors (Lipinski definition) is 2. The van der Waals surface area contributed by atoms with Crippen molar-refractivity contribution < 1.29 is 23.1 Å². The third-order valence-corrected chi connectivity index (χ3v) is 5.12. The first-order valence-electron chi connectivity index (χ1n) is 6.49. The first kappa shape index (κ1) is 19.9. The van der Waals surface area contributed by atoms with Gasteiger partial charge in [0, 0.05) is 16.6 Å². The van der Waals surface area contributed by atoms with Gasteiger partial charge in [-0.15, -0.1) is 0 Å². The smallest absolute Gasteiger partial charge is 0.239 e. The number of alkyl halides is 2. The molecular formula is C15H21F3O2S. The number of aryl methyl sites for hydroxylation is 1. The Labute approximate surface area is 125 Å². The molecule has 0 saturated heterocycles. The monoisotopic (exact) mass is 322 g/mol. The Morgan fingerprint density at radius 1 is 1.33 bits per heavy atom. The summed E-state index contributed by atoms with van der Waals surface area (Å²) < 4.78 is 38.2. The summed E-state index contributed by atoms with van der Waals surface area (Å²) in [4.78, 5) is 8.58. The van der Waals surface area contributed by atoms with Gasteiger partial charge in [0.1, 0.15) is 12.6 Å². The van der Waals surface area contributed by atoms with E-state index in [2.05, 4.69) is 5.87 Å². The highest BCUT2D eigenvalue weighted by molar-refractivity contribution is 8.15. The van der Waals surface area contributed by atoms with Gasteiger partial charge in [0.15, 0.2) is 0 Å². The number of aliphatic hydroxyl groups excluding tert-OH is 1. The predicted molar refractivity (Wildman–Crippen MR) is 82.0 cm³/mol. The lowest BCUT2D eigenvalue weighted by atomic mass is 10.0. The van der Waals surface area contributed by atoms with Crippen LogP contribution in [0.5, 0.6) is 0 Å². The maximum atomic E-state index is 13.4. The molecular weight excluding hydrogens is 301 g/mol. The highest BCUT2D eigenvalue weighted by atomic mass is 32.2. The minimum Gasteiger partial charge on any atom is -0.387 e. The second-order valence-electron chi connectivity index (χ2n) is 4.18. The molecule has 0 amide bonds. The van der Waals surface area contributed by atoms with Gasteiger partial charge in [-0.05, 0) is 30.2 Å². The van der Waals surface area contributed by atoms with E-state index in [0.717, 1.165) is 0 Å². The number of fused-ring (bicyclic) bond motifs is 1. The normalized spacial score (nSPS) is 22.8. The third kappa shape index (κ3) is 4.41. The number of hydrogen-bond donors (Lipinski definition) is 1. The summed E-state index contributed by atoms with van der Waals surface area (Å²) in [6.07, 6.45) is -3.84. The largest absolute Gasteiger partial charge is 0.387 e. The molecule has 2 nitrogen and oxygen atoms in total. The number of rotatable bonds is 2. The van der Waals surface area contributed by atoms with Crippen molar-refractivity contribution in [2.45, 2.75) is 49.9 Å². The Morgan fingerprint density at radius 2 is 1.86 bits per heavy atom. The lowest BCUT2D eigenvalue weighted by Gasteiger charge is -2.15. The van der Waals surface area contributed by atoms with Gasteiger partial charge in [-0.2, -0.15) is 10.5 Å². The fourth-order valence-electron chi connectivity index (χ4n) is 2.08. The Hall–Kier alpha value is -1.14. The minimum absolute atomic E-state index is 0.380. The minimum atomic E-state index is -2.48. The number of carbonyl (C=O) groups is 1. The van der Waals surface area contributed by atoms with Crippen LogP contribution in [0.25, 0.3) is 0 Å². The summed E-state index contributed by atoms with van der Waals surface area (Å²) >= 11 is 0. The second kappa shape index (κ2) is 9.00. The van der Waals surface area contributed by atoms with Gasteiger partial charge in [-0.25, -0.2) is 13.2 Å². The van der Waals surface area contributed by atoms with Crippen molar-refractivity contribution in [2.24, 2.45) is 0 Å². The Balaban J connectivity index is 0.000000921. The molecule has 0 radical (unpaired) electrons. The average molecular weight is 322 g/mol. The van der Waals surface area contributed by atoms with Crippen molar-refractivity contribution in [2.75, 3.05) is 0 Å². The van der Waals surface area contributed by atoms with Gasteiger partial charge in [0.2, 0.25) is 6.43 Å². The molecule has 1 aromatic carbocycles. The van der Waals surface area contributed by atoms with E-state index in [-0.39, 0.29) is 5.82 Å². The number of aliphatic hydroxyl groups is 1. The van der Waals surface area contributed by atoms with E-state index in [1.165, 1.54) is 12.1 Å². The molecule has 21 heavy (non-hydrogen) atoms. The molecule has 3 atom stereocenters. The van der Waals surface area contributed by atoms with Crippen LogP contribution in [0, 0.1) is 12.7 Å². The van der Waals surface area contributed by atoms with Crippen molar-refractivity contribution in [1.29, 1.82) is 0 Å². The number of halogens is 3. The van der Waals surface area contributed by atoms with Crippen LogP contribution in [0.15, 0.2) is 17.0 Å². The zero-order valence-corrected chi connectivity index (χ0v) is 13.2. The summed E-state index contributed by atoms with van der Waals surface area (Å²) in [7, 11) is -0.775. The van der Waals surface area contributed by atoms with E-state index in [0.29, 0.717) is 16.0 Å². The van der Waals surface area contributed by atoms with Crippen molar-refractivity contribution in [3.05, 3.63) is 29.1 Å². The molecule has 0 spiro atoms. The van der Waals surface area contributed by atoms with Gasteiger partial charge >= 0.3 is 0 Å². The quantitative estimate of drug-likeness (QED) is 0.832. The topological polar surface area (TPSA) is 37.3 Å². The van der Waals surface area contributed by atoms with Crippen LogP contribution in [0.3, 0.4) is 0 Å². The molecule has 0 saturated carbocycles. The molecule has 0 aliphatic carbocycles. The molecule has 1 N–H and O–H groups in total. The van der Waals surface area contributed by atoms with Crippen molar-refractivity contribution >= 4 is 23.1 Å². The summed E-state index contributed by atoms with van der Waals surface area (Å²) in [5.41, 5.74) is 0.963. The average Bonchev–Trinajstić information content (AvgIpc) is 2.69. The van der Waals surface area contributed by atoms with Gasteiger partial charge < -0.3 is 9.90 Å². The molecule has 6 heteroatoms. The van der Waals surface area contributed by atoms with E-state index in [9.17, 15) is 18.3 Å². The molecule has 2 rings (SSSR count). The van der Waals surface area contributed by atoms with Crippen LogP contribution >= 0.6 is 10.5 Å². The first-order valence-corrected chi connectivity index (χ1v) is 7.95. The summed E-state index contributed by atoms with van der Waals surface area (Å²) in [5, 5.41) is 9.38. The van der Waals surface area contributed by atoms with E-state index < -0.39 is 34.7 Å². The van der Waals surface area contributed by atoms with Crippen molar-refractivity contribution in [3.63, 3.8) is 0 Å². The summed E-state index contributed by atoms with van der Waals surface area (Å²) in [6.45, 7) is 7.59. The SMILES string of the molecule is C=O.C=S1c2cc(F)c(C)cc2C(O)C1CC(F)F.CC. The molecule has 1 heterocycles. The lowest BCUT2D eigenvalue weighted by Crippen LogP contribution is -2.14. The van der Waals surface area contributed by atoms with Crippen LogP contribution < -0.4 is 0 Å². The molecule has 1 aliphatic rings. The molecule has 1 aliphatic heterocycles. The van der Waals surface area contributed by atoms with Crippen LogP contribution in [0.1, 0.15) is 37.5 Å². The fraction of sp³-hybridized carbons (Fsp3) is 0.467. The summed E-state index contributed by atoms with van der Waals surface area (Å²) in [6, 6.07) is 2.85. The Bertz CT molecular complexity index is 492. The van der Waals surface area contributed by atoms with Gasteiger partial charge in [-0.3, -0.25) is 0 Å². The van der Waals surface area contributed by atoms with E-state index >= 15 is 0 Å². The third-order valence-electron chi connectivity index (χ3n) is 3.02. The molecule has 120 valence electrons. The maximum Gasteiger partial charge on any atom is 0.239 e. The molecule has 0 aromatic heterocycles. The lowest BCUT2D eigenvalue weighted by molar-refractivity contribution is -0.0979. The van der Waals surface area contributed by atoms with Crippen LogP contribution in [-0.2, 0) is 4.79 Å². The molecule has 1 aromatic rings. The van der Waals surface area contributed by atoms with Crippen LogP contribution in [0.4, 0.5) is 13.2 Å². The molecule has 3 unspecified atom stereocenters. The second-order valence-corrected chi connectivity index (χ2v) is 6.08. The molecule has 0 bridgehead atoms.